The summed E-state index contributed by atoms with van der Waals surface area (Å²) in [6.45, 7) is 5.24. The SMILES string of the molecule is CC(C)N(C)Cc1nnnn1CC(=O)NCc1nncn1C1CCCCC1. The van der Waals surface area contributed by atoms with Crippen LogP contribution >= 0.6 is 0 Å². The van der Waals surface area contributed by atoms with Gasteiger partial charge in [0, 0.05) is 12.1 Å². The van der Waals surface area contributed by atoms with E-state index in [1.54, 1.807) is 11.0 Å². The molecule has 1 saturated carbocycles. The number of carbonyl (C=O) groups is 1. The topological polar surface area (TPSA) is 107 Å². The molecule has 148 valence electrons. The summed E-state index contributed by atoms with van der Waals surface area (Å²) in [4.78, 5) is 14.5. The van der Waals surface area contributed by atoms with Crippen molar-refractivity contribution in [2.75, 3.05) is 7.05 Å². The van der Waals surface area contributed by atoms with E-state index in [0.29, 0.717) is 31.0 Å². The van der Waals surface area contributed by atoms with Crippen molar-refractivity contribution < 1.29 is 4.79 Å². The lowest BCUT2D eigenvalue weighted by molar-refractivity contribution is -0.122. The van der Waals surface area contributed by atoms with Crippen LogP contribution in [-0.2, 0) is 24.4 Å². The van der Waals surface area contributed by atoms with Crippen LogP contribution in [-0.4, -0.2) is 58.9 Å². The van der Waals surface area contributed by atoms with Gasteiger partial charge in [-0.15, -0.1) is 15.3 Å². The zero-order valence-electron chi connectivity index (χ0n) is 16.4. The van der Waals surface area contributed by atoms with Gasteiger partial charge in [0.2, 0.25) is 5.91 Å². The lowest BCUT2D eigenvalue weighted by Crippen LogP contribution is -2.32. The van der Waals surface area contributed by atoms with Gasteiger partial charge in [0.25, 0.3) is 0 Å². The second kappa shape index (κ2) is 9.03. The number of nitrogens with one attached hydrogen (secondary N) is 1. The highest BCUT2D eigenvalue weighted by Crippen LogP contribution is 2.28. The Balaban J connectivity index is 1.54. The number of nitrogens with zero attached hydrogens (tertiary/aromatic N) is 8. The maximum Gasteiger partial charge on any atom is 0.242 e. The first-order valence-electron chi connectivity index (χ1n) is 9.65. The number of hydrogen-bond donors (Lipinski definition) is 1. The molecule has 0 saturated heterocycles. The second-order valence-corrected chi connectivity index (χ2v) is 7.48. The summed E-state index contributed by atoms with van der Waals surface area (Å²) in [7, 11) is 2.00. The zero-order chi connectivity index (χ0) is 19.2. The van der Waals surface area contributed by atoms with Gasteiger partial charge in [-0.3, -0.25) is 9.69 Å². The third-order valence-corrected chi connectivity index (χ3v) is 5.23. The summed E-state index contributed by atoms with van der Waals surface area (Å²) in [5.74, 6) is 1.33. The smallest absolute Gasteiger partial charge is 0.242 e. The van der Waals surface area contributed by atoms with Crippen LogP contribution < -0.4 is 5.32 Å². The average molecular weight is 375 g/mol. The van der Waals surface area contributed by atoms with E-state index in [1.165, 1.54) is 19.3 Å². The molecule has 10 nitrogen and oxygen atoms in total. The minimum absolute atomic E-state index is 0.0891. The van der Waals surface area contributed by atoms with Crippen LogP contribution in [0.3, 0.4) is 0 Å². The fraction of sp³-hybridized carbons (Fsp3) is 0.765. The van der Waals surface area contributed by atoms with E-state index < -0.39 is 0 Å². The van der Waals surface area contributed by atoms with Gasteiger partial charge in [-0.1, -0.05) is 19.3 Å². The molecule has 0 atom stereocenters. The Labute approximate surface area is 159 Å². The van der Waals surface area contributed by atoms with Crippen LogP contribution in [0.25, 0.3) is 0 Å². The fourth-order valence-electron chi connectivity index (χ4n) is 3.29. The molecule has 10 heteroatoms. The molecule has 0 aromatic carbocycles. The number of amides is 1. The number of aromatic nitrogens is 7. The Morgan fingerprint density at radius 3 is 2.78 bits per heavy atom. The molecule has 1 aliphatic rings. The number of carbonyl (C=O) groups excluding carboxylic acids is 1. The van der Waals surface area contributed by atoms with Crippen LogP contribution in [0.1, 0.15) is 63.6 Å². The summed E-state index contributed by atoms with van der Waals surface area (Å²) in [5, 5.41) is 22.8. The van der Waals surface area contributed by atoms with Crippen molar-refractivity contribution >= 4 is 5.91 Å². The van der Waals surface area contributed by atoms with E-state index in [-0.39, 0.29) is 12.5 Å². The molecule has 0 aliphatic heterocycles. The van der Waals surface area contributed by atoms with E-state index in [0.717, 1.165) is 18.7 Å². The molecule has 0 spiro atoms. The van der Waals surface area contributed by atoms with E-state index in [9.17, 15) is 4.79 Å². The minimum Gasteiger partial charge on any atom is -0.347 e. The first-order chi connectivity index (χ1) is 13.0. The van der Waals surface area contributed by atoms with Crippen molar-refractivity contribution in [3.63, 3.8) is 0 Å². The highest BCUT2D eigenvalue weighted by atomic mass is 16.2. The lowest BCUT2D eigenvalue weighted by Gasteiger charge is -2.24. The monoisotopic (exact) mass is 375 g/mol. The molecule has 0 unspecified atom stereocenters. The Kier molecular flexibility index (Phi) is 6.49. The van der Waals surface area contributed by atoms with Crippen LogP contribution in [0.4, 0.5) is 0 Å². The highest BCUT2D eigenvalue weighted by Gasteiger charge is 2.19. The molecular formula is C17H29N9O. The molecule has 2 aromatic heterocycles. The van der Waals surface area contributed by atoms with Gasteiger partial charge < -0.3 is 9.88 Å². The van der Waals surface area contributed by atoms with Crippen LogP contribution in [0.15, 0.2) is 6.33 Å². The third-order valence-electron chi connectivity index (χ3n) is 5.23. The van der Waals surface area contributed by atoms with Crippen LogP contribution in [0.2, 0.25) is 0 Å². The molecule has 1 aliphatic carbocycles. The first-order valence-corrected chi connectivity index (χ1v) is 9.65. The van der Waals surface area contributed by atoms with Gasteiger partial charge in [-0.25, -0.2) is 4.68 Å². The molecule has 1 N–H and O–H groups in total. The summed E-state index contributed by atoms with van der Waals surface area (Å²) >= 11 is 0. The Bertz CT molecular complexity index is 732. The molecular weight excluding hydrogens is 346 g/mol. The lowest BCUT2D eigenvalue weighted by atomic mass is 9.95. The van der Waals surface area contributed by atoms with Crippen LogP contribution in [0.5, 0.6) is 0 Å². The van der Waals surface area contributed by atoms with Crippen molar-refractivity contribution in [1.82, 2.24) is 45.2 Å². The molecule has 0 radical (unpaired) electrons. The molecule has 0 bridgehead atoms. The van der Waals surface area contributed by atoms with Crippen molar-refractivity contribution in [1.29, 1.82) is 0 Å². The molecule has 1 fully saturated rings. The molecule has 1 amide bonds. The molecule has 2 aromatic rings. The second-order valence-electron chi connectivity index (χ2n) is 7.48. The van der Waals surface area contributed by atoms with Gasteiger partial charge in [-0.05, 0) is 44.2 Å². The summed E-state index contributed by atoms with van der Waals surface area (Å²) in [6, 6.07) is 0.813. The molecule has 2 heterocycles. The van der Waals surface area contributed by atoms with Crippen molar-refractivity contribution in [2.24, 2.45) is 0 Å². The van der Waals surface area contributed by atoms with E-state index >= 15 is 0 Å². The third kappa shape index (κ3) is 5.09. The molecule has 3 rings (SSSR count). The van der Waals surface area contributed by atoms with Gasteiger partial charge in [-0.2, -0.15) is 0 Å². The van der Waals surface area contributed by atoms with Crippen LogP contribution in [0, 0.1) is 0 Å². The molecule has 27 heavy (non-hydrogen) atoms. The first kappa shape index (κ1) is 19.4. The highest BCUT2D eigenvalue weighted by molar-refractivity contribution is 5.75. The Hall–Kier alpha value is -2.36. The summed E-state index contributed by atoms with van der Waals surface area (Å²) in [6.07, 6.45) is 7.85. The zero-order valence-corrected chi connectivity index (χ0v) is 16.4. The summed E-state index contributed by atoms with van der Waals surface area (Å²) < 4.78 is 3.65. The quantitative estimate of drug-likeness (QED) is 0.731. The van der Waals surface area contributed by atoms with Gasteiger partial charge in [0.15, 0.2) is 11.6 Å². The van der Waals surface area contributed by atoms with E-state index in [1.807, 2.05) is 7.05 Å². The maximum atomic E-state index is 12.4. The summed E-state index contributed by atoms with van der Waals surface area (Å²) in [5.41, 5.74) is 0. The fourth-order valence-corrected chi connectivity index (χ4v) is 3.29. The van der Waals surface area contributed by atoms with Gasteiger partial charge in [0.1, 0.15) is 12.9 Å². The minimum atomic E-state index is -0.144. The Morgan fingerprint density at radius 2 is 2.04 bits per heavy atom. The number of tetrazole rings is 1. The standard InChI is InChI=1S/C17H29N9O/c1-13(2)24(3)10-16-21-22-23-26(16)11-17(27)18-9-15-20-19-12-25(15)14-7-5-4-6-8-14/h12-14H,4-11H2,1-3H3,(H,18,27). The normalized spacial score (nSPS) is 15.6. The van der Waals surface area contributed by atoms with Crippen molar-refractivity contribution in [3.05, 3.63) is 18.0 Å². The van der Waals surface area contributed by atoms with Crippen molar-refractivity contribution in [3.8, 4) is 0 Å². The maximum absolute atomic E-state index is 12.4. The van der Waals surface area contributed by atoms with Gasteiger partial charge in [0.05, 0.1) is 13.1 Å². The van der Waals surface area contributed by atoms with Gasteiger partial charge >= 0.3 is 0 Å². The van der Waals surface area contributed by atoms with E-state index in [2.05, 4.69) is 54.4 Å². The predicted molar refractivity (Wildman–Crippen MR) is 98.4 cm³/mol. The van der Waals surface area contributed by atoms with E-state index in [4.69, 9.17) is 0 Å². The Morgan fingerprint density at radius 1 is 1.26 bits per heavy atom. The predicted octanol–water partition coefficient (Wildman–Crippen LogP) is 0.926. The largest absolute Gasteiger partial charge is 0.347 e. The number of hydrogen-bond acceptors (Lipinski definition) is 7. The number of rotatable bonds is 8. The average Bonchev–Trinajstić information content (AvgIpc) is 3.30. The van der Waals surface area contributed by atoms with Crippen molar-refractivity contribution in [2.45, 2.75) is 77.7 Å².